The highest BCUT2D eigenvalue weighted by Crippen LogP contribution is 2.21. The van der Waals surface area contributed by atoms with Gasteiger partial charge in [0, 0.05) is 29.9 Å². The van der Waals surface area contributed by atoms with Gasteiger partial charge >= 0.3 is 0 Å². The molecule has 84 valence electrons. The van der Waals surface area contributed by atoms with Crippen LogP contribution in [0.4, 0.5) is 5.69 Å². The summed E-state index contributed by atoms with van der Waals surface area (Å²) in [6.07, 6.45) is 1.12. The molecule has 0 bridgehead atoms. The van der Waals surface area contributed by atoms with Crippen LogP contribution in [0.5, 0.6) is 5.75 Å². The quantitative estimate of drug-likeness (QED) is 0.729. The first-order valence-electron chi connectivity index (χ1n) is 5.33. The Morgan fingerprint density at radius 2 is 2.20 bits per heavy atom. The van der Waals surface area contributed by atoms with Crippen LogP contribution in [0.1, 0.15) is 25.8 Å². The number of nitrogens with two attached hydrogens (primary N) is 1. The lowest BCUT2D eigenvalue weighted by Crippen LogP contribution is -2.24. The van der Waals surface area contributed by atoms with Gasteiger partial charge in [-0.25, -0.2) is 0 Å². The Morgan fingerprint density at radius 1 is 1.47 bits per heavy atom. The van der Waals surface area contributed by atoms with Crippen LogP contribution in [0, 0.1) is 0 Å². The van der Waals surface area contributed by atoms with Crippen LogP contribution in [0.2, 0.25) is 0 Å². The van der Waals surface area contributed by atoms with E-state index in [9.17, 15) is 0 Å². The van der Waals surface area contributed by atoms with Gasteiger partial charge in [-0.3, -0.25) is 0 Å². The highest BCUT2D eigenvalue weighted by Gasteiger charge is 2.04. The summed E-state index contributed by atoms with van der Waals surface area (Å²) in [6, 6.07) is 6.28. The number of anilines is 1. The highest BCUT2D eigenvalue weighted by molar-refractivity contribution is 5.48. The van der Waals surface area contributed by atoms with E-state index in [0.717, 1.165) is 30.0 Å². The van der Waals surface area contributed by atoms with Crippen LogP contribution in [0.15, 0.2) is 18.2 Å². The summed E-state index contributed by atoms with van der Waals surface area (Å²) in [5, 5.41) is 3.42. The van der Waals surface area contributed by atoms with E-state index < -0.39 is 0 Å². The molecule has 0 amide bonds. The van der Waals surface area contributed by atoms with Gasteiger partial charge in [0.15, 0.2) is 0 Å². The number of methoxy groups -OCH3 is 1. The van der Waals surface area contributed by atoms with Gasteiger partial charge in [-0.05, 0) is 19.4 Å². The van der Waals surface area contributed by atoms with E-state index in [2.05, 4.69) is 19.2 Å². The standard InChI is InChI=1S/C12H20N2O/c1-4-9(2)14-8-10-5-6-11(13)7-12(10)15-3/h5-7,9,14H,4,8,13H2,1-3H3. The van der Waals surface area contributed by atoms with Crippen LogP contribution in [-0.2, 0) is 6.54 Å². The Bertz CT molecular complexity index is 312. The third kappa shape index (κ3) is 3.44. The molecular formula is C12H20N2O. The molecule has 1 aromatic carbocycles. The first kappa shape index (κ1) is 11.9. The smallest absolute Gasteiger partial charge is 0.125 e. The van der Waals surface area contributed by atoms with E-state index in [1.807, 2.05) is 18.2 Å². The van der Waals surface area contributed by atoms with Crippen LogP contribution < -0.4 is 15.8 Å². The summed E-state index contributed by atoms with van der Waals surface area (Å²) < 4.78 is 5.27. The summed E-state index contributed by atoms with van der Waals surface area (Å²) in [5.74, 6) is 0.853. The molecule has 1 atom stereocenters. The molecule has 0 aliphatic rings. The Morgan fingerprint density at radius 3 is 2.80 bits per heavy atom. The summed E-state index contributed by atoms with van der Waals surface area (Å²) in [4.78, 5) is 0. The van der Waals surface area contributed by atoms with Crippen molar-refractivity contribution in [3.63, 3.8) is 0 Å². The van der Waals surface area contributed by atoms with Crippen LogP contribution in [-0.4, -0.2) is 13.2 Å². The van der Waals surface area contributed by atoms with E-state index in [1.54, 1.807) is 7.11 Å². The molecule has 0 aliphatic carbocycles. The molecule has 0 aromatic heterocycles. The average Bonchev–Trinajstić information content (AvgIpc) is 2.26. The first-order chi connectivity index (χ1) is 7.17. The number of ether oxygens (including phenoxy) is 1. The molecule has 1 aromatic rings. The predicted octanol–water partition coefficient (Wildman–Crippen LogP) is 2.17. The first-order valence-corrected chi connectivity index (χ1v) is 5.33. The maximum Gasteiger partial charge on any atom is 0.125 e. The molecule has 3 nitrogen and oxygen atoms in total. The molecule has 0 saturated carbocycles. The molecular weight excluding hydrogens is 188 g/mol. The Balaban J connectivity index is 2.67. The van der Waals surface area contributed by atoms with Crippen molar-refractivity contribution in [3.8, 4) is 5.75 Å². The largest absolute Gasteiger partial charge is 0.496 e. The second-order valence-electron chi connectivity index (χ2n) is 3.76. The third-order valence-corrected chi connectivity index (χ3v) is 2.56. The van der Waals surface area contributed by atoms with E-state index in [-0.39, 0.29) is 0 Å². The van der Waals surface area contributed by atoms with E-state index >= 15 is 0 Å². The van der Waals surface area contributed by atoms with E-state index in [0.29, 0.717) is 6.04 Å². The van der Waals surface area contributed by atoms with Crippen molar-refractivity contribution in [1.82, 2.24) is 5.32 Å². The SMILES string of the molecule is CCC(C)NCc1ccc(N)cc1OC. The molecule has 15 heavy (non-hydrogen) atoms. The molecule has 1 rings (SSSR count). The second-order valence-corrected chi connectivity index (χ2v) is 3.76. The predicted molar refractivity (Wildman–Crippen MR) is 64.0 cm³/mol. The maximum atomic E-state index is 5.68. The summed E-state index contributed by atoms with van der Waals surface area (Å²) in [6.45, 7) is 5.15. The number of rotatable bonds is 5. The topological polar surface area (TPSA) is 47.3 Å². The van der Waals surface area contributed by atoms with Gasteiger partial charge in [0.05, 0.1) is 7.11 Å². The number of nitrogens with one attached hydrogen (secondary N) is 1. The zero-order chi connectivity index (χ0) is 11.3. The molecule has 0 saturated heterocycles. The van der Waals surface area contributed by atoms with Gasteiger partial charge in [-0.2, -0.15) is 0 Å². The maximum absolute atomic E-state index is 5.68. The van der Waals surface area contributed by atoms with Gasteiger partial charge in [-0.15, -0.1) is 0 Å². The third-order valence-electron chi connectivity index (χ3n) is 2.56. The molecule has 1 unspecified atom stereocenters. The van der Waals surface area contributed by atoms with Crippen molar-refractivity contribution in [2.45, 2.75) is 32.9 Å². The Labute approximate surface area is 91.6 Å². The molecule has 3 N–H and O–H groups in total. The van der Waals surface area contributed by atoms with Crippen molar-refractivity contribution in [3.05, 3.63) is 23.8 Å². The molecule has 0 fully saturated rings. The van der Waals surface area contributed by atoms with Crippen molar-refractivity contribution >= 4 is 5.69 Å². The highest BCUT2D eigenvalue weighted by atomic mass is 16.5. The molecule has 0 heterocycles. The zero-order valence-electron chi connectivity index (χ0n) is 9.71. The Hall–Kier alpha value is -1.22. The molecule has 0 radical (unpaired) electrons. The van der Waals surface area contributed by atoms with Gasteiger partial charge in [-0.1, -0.05) is 13.0 Å². The number of hydrogen-bond donors (Lipinski definition) is 2. The van der Waals surface area contributed by atoms with Gasteiger partial charge in [0.2, 0.25) is 0 Å². The minimum atomic E-state index is 0.521. The van der Waals surface area contributed by atoms with Gasteiger partial charge in [0.1, 0.15) is 5.75 Å². The van der Waals surface area contributed by atoms with Crippen molar-refractivity contribution in [1.29, 1.82) is 0 Å². The molecule has 3 heteroatoms. The summed E-state index contributed by atoms with van der Waals surface area (Å²) in [7, 11) is 1.67. The van der Waals surface area contributed by atoms with Crippen molar-refractivity contribution in [2.24, 2.45) is 0 Å². The zero-order valence-corrected chi connectivity index (χ0v) is 9.71. The minimum Gasteiger partial charge on any atom is -0.496 e. The molecule has 0 spiro atoms. The fourth-order valence-corrected chi connectivity index (χ4v) is 1.34. The van der Waals surface area contributed by atoms with Crippen LogP contribution >= 0.6 is 0 Å². The van der Waals surface area contributed by atoms with Crippen molar-refractivity contribution < 1.29 is 4.74 Å². The number of benzene rings is 1. The fourth-order valence-electron chi connectivity index (χ4n) is 1.34. The van der Waals surface area contributed by atoms with E-state index in [4.69, 9.17) is 10.5 Å². The van der Waals surface area contributed by atoms with Gasteiger partial charge < -0.3 is 15.8 Å². The van der Waals surface area contributed by atoms with Gasteiger partial charge in [0.25, 0.3) is 0 Å². The van der Waals surface area contributed by atoms with Crippen LogP contribution in [0.3, 0.4) is 0 Å². The monoisotopic (exact) mass is 208 g/mol. The van der Waals surface area contributed by atoms with E-state index in [1.165, 1.54) is 0 Å². The number of nitrogen functional groups attached to an aromatic ring is 1. The second kappa shape index (κ2) is 5.61. The fraction of sp³-hybridized carbons (Fsp3) is 0.500. The molecule has 0 aliphatic heterocycles. The lowest BCUT2D eigenvalue weighted by atomic mass is 10.1. The normalized spacial score (nSPS) is 12.5. The van der Waals surface area contributed by atoms with Crippen LogP contribution in [0.25, 0.3) is 0 Å². The summed E-state index contributed by atoms with van der Waals surface area (Å²) >= 11 is 0. The average molecular weight is 208 g/mol. The lowest BCUT2D eigenvalue weighted by Gasteiger charge is -2.14. The Kier molecular flexibility index (Phi) is 4.43. The minimum absolute atomic E-state index is 0.521. The van der Waals surface area contributed by atoms with Crippen molar-refractivity contribution in [2.75, 3.05) is 12.8 Å². The number of hydrogen-bond acceptors (Lipinski definition) is 3. The summed E-state index contributed by atoms with van der Waals surface area (Å²) in [5.41, 5.74) is 7.57. The lowest BCUT2D eigenvalue weighted by molar-refractivity contribution is 0.405.